The maximum atomic E-state index is 13.3. The largest absolute Gasteiger partial charge is 0.508 e. The molecule has 1 saturated heterocycles. The van der Waals surface area contributed by atoms with Crippen LogP contribution in [0.25, 0.3) is 0 Å². The molecule has 0 saturated carbocycles. The third kappa shape index (κ3) is 3.72. The molecule has 0 aromatic carbocycles. The highest BCUT2D eigenvalue weighted by Crippen LogP contribution is 2.56. The summed E-state index contributed by atoms with van der Waals surface area (Å²) in [6.07, 6.45) is -2.55. The molecule has 0 aromatic rings. The van der Waals surface area contributed by atoms with E-state index >= 15 is 0 Å². The second-order valence-corrected chi connectivity index (χ2v) is 5.13. The number of carbonyl (C=O) groups excluding carboxylic acids is 1. The van der Waals surface area contributed by atoms with Crippen LogP contribution in [-0.4, -0.2) is 61.7 Å². The Morgan fingerprint density at radius 1 is 0.960 bits per heavy atom. The van der Waals surface area contributed by atoms with E-state index in [9.17, 15) is 48.7 Å². The topological polar surface area (TPSA) is 44.8 Å². The van der Waals surface area contributed by atoms with Gasteiger partial charge in [-0.2, -0.15) is 43.9 Å². The van der Waals surface area contributed by atoms with Gasteiger partial charge in [-0.1, -0.05) is 0 Å². The van der Waals surface area contributed by atoms with E-state index in [0.717, 1.165) is 0 Å². The Morgan fingerprint density at radius 3 is 1.88 bits per heavy atom. The standard InChI is InChI=1S/C11H10F10O4/c1-7(12,13)9(16,17)11(20,21)10(18,19)8(14,15)4-23-2-5-3-24-6(22)25-5/h5H,2-4H2,1H3. The molecule has 148 valence electrons. The van der Waals surface area contributed by atoms with Gasteiger partial charge in [0.15, 0.2) is 6.10 Å². The van der Waals surface area contributed by atoms with Gasteiger partial charge in [0.1, 0.15) is 13.2 Å². The van der Waals surface area contributed by atoms with Crippen LogP contribution in [0.1, 0.15) is 6.92 Å². The molecular weight excluding hydrogens is 386 g/mol. The predicted molar refractivity (Wildman–Crippen MR) is 57.4 cm³/mol. The average Bonchev–Trinajstić information content (AvgIpc) is 2.82. The van der Waals surface area contributed by atoms with Gasteiger partial charge in [0.2, 0.25) is 0 Å². The van der Waals surface area contributed by atoms with Crippen molar-refractivity contribution in [2.24, 2.45) is 0 Å². The van der Waals surface area contributed by atoms with E-state index in [-0.39, 0.29) is 0 Å². The summed E-state index contributed by atoms with van der Waals surface area (Å²) in [5, 5.41) is 0. The molecule has 0 bridgehead atoms. The summed E-state index contributed by atoms with van der Waals surface area (Å²) in [6, 6.07) is 0. The summed E-state index contributed by atoms with van der Waals surface area (Å²) in [7, 11) is 0. The van der Waals surface area contributed by atoms with Crippen molar-refractivity contribution in [2.45, 2.75) is 42.6 Å². The van der Waals surface area contributed by atoms with E-state index in [4.69, 9.17) is 0 Å². The lowest BCUT2D eigenvalue weighted by Crippen LogP contribution is -2.67. The first-order valence-electron chi connectivity index (χ1n) is 6.27. The van der Waals surface area contributed by atoms with Crippen molar-refractivity contribution < 1.29 is 62.9 Å². The highest BCUT2D eigenvalue weighted by Gasteiger charge is 2.85. The van der Waals surface area contributed by atoms with E-state index in [1.54, 1.807) is 0 Å². The normalized spacial score (nSPS) is 20.4. The van der Waals surface area contributed by atoms with E-state index in [0.29, 0.717) is 0 Å². The number of hydrogen-bond donors (Lipinski definition) is 0. The van der Waals surface area contributed by atoms with Gasteiger partial charge < -0.3 is 14.2 Å². The van der Waals surface area contributed by atoms with Crippen LogP contribution in [0.3, 0.4) is 0 Å². The number of alkyl halides is 10. The molecule has 4 nitrogen and oxygen atoms in total. The summed E-state index contributed by atoms with van der Waals surface area (Å²) in [6.45, 7) is -4.88. The van der Waals surface area contributed by atoms with E-state index in [2.05, 4.69) is 14.2 Å². The quantitative estimate of drug-likeness (QED) is 0.463. The molecule has 14 heteroatoms. The fraction of sp³-hybridized carbons (Fsp3) is 0.909. The van der Waals surface area contributed by atoms with E-state index in [1.165, 1.54) is 0 Å². The van der Waals surface area contributed by atoms with Crippen molar-refractivity contribution in [3.05, 3.63) is 0 Å². The van der Waals surface area contributed by atoms with Gasteiger partial charge in [-0.15, -0.1) is 0 Å². The van der Waals surface area contributed by atoms with Crippen molar-refractivity contribution in [1.82, 2.24) is 0 Å². The molecule has 0 spiro atoms. The van der Waals surface area contributed by atoms with E-state index in [1.807, 2.05) is 0 Å². The highest BCUT2D eigenvalue weighted by molar-refractivity contribution is 5.61. The summed E-state index contributed by atoms with van der Waals surface area (Å²) in [5.41, 5.74) is 0. The van der Waals surface area contributed by atoms with Crippen LogP contribution < -0.4 is 0 Å². The number of ether oxygens (including phenoxy) is 3. The monoisotopic (exact) mass is 396 g/mol. The third-order valence-corrected chi connectivity index (χ3v) is 3.04. The molecule has 1 rings (SSSR count). The Kier molecular flexibility index (Phi) is 5.49. The highest BCUT2D eigenvalue weighted by atomic mass is 19.4. The molecule has 1 heterocycles. The van der Waals surface area contributed by atoms with Gasteiger partial charge in [0.25, 0.3) is 0 Å². The van der Waals surface area contributed by atoms with Crippen molar-refractivity contribution in [3.8, 4) is 0 Å². The fourth-order valence-corrected chi connectivity index (χ4v) is 1.56. The molecular formula is C11H10F10O4. The number of carbonyl (C=O) groups is 1. The van der Waals surface area contributed by atoms with Crippen molar-refractivity contribution in [2.75, 3.05) is 19.8 Å². The summed E-state index contributed by atoms with van der Waals surface area (Å²) in [4.78, 5) is 10.5. The number of hydrogen-bond acceptors (Lipinski definition) is 4. The Hall–Kier alpha value is -1.47. The lowest BCUT2D eigenvalue weighted by molar-refractivity contribution is -0.402. The second kappa shape index (κ2) is 6.36. The summed E-state index contributed by atoms with van der Waals surface area (Å²) < 4.78 is 143. The lowest BCUT2D eigenvalue weighted by Gasteiger charge is -2.38. The van der Waals surface area contributed by atoms with Gasteiger partial charge in [-0.3, -0.25) is 0 Å². The van der Waals surface area contributed by atoms with Crippen molar-refractivity contribution in [1.29, 1.82) is 0 Å². The molecule has 0 aliphatic carbocycles. The zero-order valence-electron chi connectivity index (χ0n) is 12.1. The Labute approximate surface area is 133 Å². The Balaban J connectivity index is 2.87. The minimum absolute atomic E-state index is 0.517. The molecule has 0 N–H and O–H groups in total. The van der Waals surface area contributed by atoms with Crippen LogP contribution >= 0.6 is 0 Å². The third-order valence-electron chi connectivity index (χ3n) is 3.04. The Morgan fingerprint density at radius 2 is 1.48 bits per heavy atom. The molecule has 0 amide bonds. The van der Waals surface area contributed by atoms with Gasteiger partial charge in [-0.25, -0.2) is 4.79 Å². The van der Waals surface area contributed by atoms with E-state index < -0.39 is 68.6 Å². The van der Waals surface area contributed by atoms with Crippen LogP contribution in [0, 0.1) is 0 Å². The molecule has 0 aromatic heterocycles. The minimum Gasteiger partial charge on any atom is -0.430 e. The maximum absolute atomic E-state index is 13.3. The van der Waals surface area contributed by atoms with Crippen LogP contribution in [0.4, 0.5) is 48.7 Å². The molecule has 0 radical (unpaired) electrons. The van der Waals surface area contributed by atoms with Gasteiger partial charge in [-0.05, 0) is 0 Å². The van der Waals surface area contributed by atoms with Gasteiger partial charge in [0.05, 0.1) is 6.61 Å². The maximum Gasteiger partial charge on any atom is 0.508 e. The molecule has 1 fully saturated rings. The molecule has 1 aliphatic heterocycles. The molecule has 1 unspecified atom stereocenters. The van der Waals surface area contributed by atoms with Gasteiger partial charge >= 0.3 is 35.8 Å². The zero-order chi connectivity index (χ0) is 19.9. The zero-order valence-corrected chi connectivity index (χ0v) is 12.1. The molecule has 25 heavy (non-hydrogen) atoms. The predicted octanol–water partition coefficient (Wildman–Crippen LogP) is 3.73. The van der Waals surface area contributed by atoms with Crippen LogP contribution in [0.15, 0.2) is 0 Å². The van der Waals surface area contributed by atoms with Gasteiger partial charge in [0, 0.05) is 6.92 Å². The summed E-state index contributed by atoms with van der Waals surface area (Å²) >= 11 is 0. The SMILES string of the molecule is CC(F)(F)C(F)(F)C(F)(F)C(F)(F)C(F)(F)COCC1COC(=O)O1. The number of halogens is 10. The number of cyclic esters (lactones) is 2. The van der Waals surface area contributed by atoms with Crippen LogP contribution in [-0.2, 0) is 14.2 Å². The fourth-order valence-electron chi connectivity index (χ4n) is 1.56. The van der Waals surface area contributed by atoms with Crippen LogP contribution in [0.5, 0.6) is 0 Å². The first kappa shape index (κ1) is 21.6. The first-order valence-corrected chi connectivity index (χ1v) is 6.27. The summed E-state index contributed by atoms with van der Waals surface area (Å²) in [5.74, 6) is -32.4. The van der Waals surface area contributed by atoms with Crippen molar-refractivity contribution >= 4 is 6.16 Å². The average molecular weight is 396 g/mol. The molecule has 1 atom stereocenters. The van der Waals surface area contributed by atoms with Crippen molar-refractivity contribution in [3.63, 3.8) is 0 Å². The minimum atomic E-state index is -7.10. The Bertz CT molecular complexity index is 502. The molecule has 1 aliphatic rings. The number of rotatable bonds is 8. The van der Waals surface area contributed by atoms with Crippen LogP contribution in [0.2, 0.25) is 0 Å². The lowest BCUT2D eigenvalue weighted by atomic mass is 9.95. The second-order valence-electron chi connectivity index (χ2n) is 5.13. The first-order chi connectivity index (χ1) is 11.0. The smallest absolute Gasteiger partial charge is 0.430 e.